The van der Waals surface area contributed by atoms with Crippen molar-refractivity contribution in [3.8, 4) is 11.5 Å². The third-order valence-corrected chi connectivity index (χ3v) is 4.96. The first-order valence-electron chi connectivity index (χ1n) is 7.48. The van der Waals surface area contributed by atoms with E-state index < -0.39 is 0 Å². The van der Waals surface area contributed by atoms with Crippen molar-refractivity contribution in [2.45, 2.75) is 25.7 Å². The summed E-state index contributed by atoms with van der Waals surface area (Å²) in [4.78, 5) is 13.5. The summed E-state index contributed by atoms with van der Waals surface area (Å²) in [6, 6.07) is 9.67. The van der Waals surface area contributed by atoms with Crippen molar-refractivity contribution in [3.63, 3.8) is 0 Å². The number of hydrogen-bond donors (Lipinski definition) is 1. The normalized spacial score (nSPS) is 11.1. The first-order chi connectivity index (χ1) is 11.0. The molecule has 0 spiro atoms. The molecule has 0 saturated carbocycles. The fourth-order valence-corrected chi connectivity index (χ4v) is 3.16. The highest BCUT2D eigenvalue weighted by molar-refractivity contribution is 7.10. The van der Waals surface area contributed by atoms with Gasteiger partial charge in [-0.1, -0.05) is 26.0 Å². The Labute approximate surface area is 141 Å². The summed E-state index contributed by atoms with van der Waals surface area (Å²) >= 11 is 1.71. The molecule has 124 valence electrons. The lowest BCUT2D eigenvalue weighted by molar-refractivity contribution is -0.120. The van der Waals surface area contributed by atoms with Gasteiger partial charge in [-0.25, -0.2) is 0 Å². The molecule has 0 atom stereocenters. The van der Waals surface area contributed by atoms with Crippen molar-refractivity contribution in [3.05, 3.63) is 46.2 Å². The Hall–Kier alpha value is -2.01. The van der Waals surface area contributed by atoms with Gasteiger partial charge in [-0.3, -0.25) is 4.79 Å². The summed E-state index contributed by atoms with van der Waals surface area (Å²) in [5, 5.41) is 5.08. The molecule has 1 aromatic carbocycles. The number of benzene rings is 1. The fraction of sp³-hybridized carbons (Fsp3) is 0.389. The summed E-state index contributed by atoms with van der Waals surface area (Å²) in [5.41, 5.74) is 0.829. The van der Waals surface area contributed by atoms with Crippen LogP contribution in [0.1, 0.15) is 24.3 Å². The molecular formula is C18H23NO3S. The monoisotopic (exact) mass is 333 g/mol. The van der Waals surface area contributed by atoms with Gasteiger partial charge in [0.2, 0.25) is 5.91 Å². The van der Waals surface area contributed by atoms with Crippen LogP contribution in [-0.4, -0.2) is 26.7 Å². The molecule has 23 heavy (non-hydrogen) atoms. The number of methoxy groups -OCH3 is 2. The third kappa shape index (κ3) is 4.48. The van der Waals surface area contributed by atoms with Crippen LogP contribution in [0.15, 0.2) is 35.7 Å². The molecule has 0 bridgehead atoms. The van der Waals surface area contributed by atoms with Gasteiger partial charge in [0.25, 0.3) is 0 Å². The Morgan fingerprint density at radius 3 is 2.52 bits per heavy atom. The highest BCUT2D eigenvalue weighted by Crippen LogP contribution is 2.28. The standard InChI is InChI=1S/C18H23NO3S/c1-18(2,16-6-5-9-23-16)12-19-17(20)11-13-7-8-14(21-3)15(10-13)22-4/h5-10H,11-12H2,1-4H3,(H,19,20). The summed E-state index contributed by atoms with van der Waals surface area (Å²) in [7, 11) is 3.18. The zero-order chi connectivity index (χ0) is 16.9. The smallest absolute Gasteiger partial charge is 0.224 e. The predicted octanol–water partition coefficient (Wildman–Crippen LogP) is 3.40. The maximum Gasteiger partial charge on any atom is 0.224 e. The lowest BCUT2D eigenvalue weighted by Crippen LogP contribution is -2.36. The molecule has 0 aliphatic carbocycles. The van der Waals surface area contributed by atoms with Crippen molar-refractivity contribution in [1.29, 1.82) is 0 Å². The van der Waals surface area contributed by atoms with E-state index in [0.717, 1.165) is 5.56 Å². The van der Waals surface area contributed by atoms with Crippen LogP contribution >= 0.6 is 11.3 Å². The van der Waals surface area contributed by atoms with E-state index in [4.69, 9.17) is 9.47 Å². The van der Waals surface area contributed by atoms with Crippen LogP contribution in [0.5, 0.6) is 11.5 Å². The van der Waals surface area contributed by atoms with Crippen molar-refractivity contribution >= 4 is 17.2 Å². The maximum absolute atomic E-state index is 12.2. The molecule has 0 aliphatic rings. The van der Waals surface area contributed by atoms with Gasteiger partial charge in [0.15, 0.2) is 11.5 Å². The average Bonchev–Trinajstić information content (AvgIpc) is 3.08. The highest BCUT2D eigenvalue weighted by atomic mass is 32.1. The second-order valence-electron chi connectivity index (χ2n) is 6.00. The second kappa shape index (κ2) is 7.51. The van der Waals surface area contributed by atoms with Crippen LogP contribution < -0.4 is 14.8 Å². The van der Waals surface area contributed by atoms with Crippen LogP contribution in [0.2, 0.25) is 0 Å². The minimum atomic E-state index is -0.0680. The van der Waals surface area contributed by atoms with Crippen LogP contribution in [0.25, 0.3) is 0 Å². The maximum atomic E-state index is 12.2. The molecule has 1 N–H and O–H groups in total. The Balaban J connectivity index is 1.95. The largest absolute Gasteiger partial charge is 0.493 e. The number of hydrogen-bond acceptors (Lipinski definition) is 4. The van der Waals surface area contributed by atoms with Gasteiger partial charge in [0.1, 0.15) is 0 Å². The van der Waals surface area contributed by atoms with Crippen molar-refractivity contribution in [2.24, 2.45) is 0 Å². The molecular weight excluding hydrogens is 310 g/mol. The molecule has 0 unspecified atom stereocenters. The third-order valence-electron chi connectivity index (χ3n) is 3.73. The molecule has 1 aromatic heterocycles. The van der Waals surface area contributed by atoms with E-state index in [9.17, 15) is 4.79 Å². The van der Waals surface area contributed by atoms with Crippen LogP contribution in [0.4, 0.5) is 0 Å². The predicted molar refractivity (Wildman–Crippen MR) is 93.6 cm³/mol. The van der Waals surface area contributed by atoms with E-state index in [2.05, 4.69) is 30.6 Å². The van der Waals surface area contributed by atoms with E-state index in [1.165, 1.54) is 4.88 Å². The van der Waals surface area contributed by atoms with Gasteiger partial charge in [0.05, 0.1) is 20.6 Å². The quantitative estimate of drug-likeness (QED) is 0.845. The average molecular weight is 333 g/mol. The van der Waals surface area contributed by atoms with Gasteiger partial charge in [-0.05, 0) is 29.1 Å². The number of nitrogens with one attached hydrogen (secondary N) is 1. The molecule has 0 saturated heterocycles. The van der Waals surface area contributed by atoms with Gasteiger partial charge in [-0.15, -0.1) is 11.3 Å². The summed E-state index contributed by atoms with van der Waals surface area (Å²) in [6.07, 6.45) is 0.320. The summed E-state index contributed by atoms with van der Waals surface area (Å²) < 4.78 is 10.5. The molecule has 2 rings (SSSR count). The van der Waals surface area contributed by atoms with Crippen molar-refractivity contribution < 1.29 is 14.3 Å². The number of carbonyl (C=O) groups is 1. The molecule has 0 fully saturated rings. The van der Waals surface area contributed by atoms with E-state index in [-0.39, 0.29) is 11.3 Å². The number of rotatable bonds is 7. The molecule has 1 heterocycles. The van der Waals surface area contributed by atoms with Crippen molar-refractivity contribution in [2.75, 3.05) is 20.8 Å². The second-order valence-corrected chi connectivity index (χ2v) is 6.95. The number of thiophene rings is 1. The van der Waals surface area contributed by atoms with Gasteiger partial charge < -0.3 is 14.8 Å². The summed E-state index contributed by atoms with van der Waals surface area (Å²) in [6.45, 7) is 4.88. The van der Waals surface area contributed by atoms with E-state index >= 15 is 0 Å². The Bertz CT molecular complexity index is 650. The zero-order valence-corrected chi connectivity index (χ0v) is 14.8. The van der Waals surface area contributed by atoms with Crippen LogP contribution in [0, 0.1) is 0 Å². The van der Waals surface area contributed by atoms with E-state index in [0.29, 0.717) is 24.5 Å². The van der Waals surface area contributed by atoms with Gasteiger partial charge >= 0.3 is 0 Å². The van der Waals surface area contributed by atoms with Crippen LogP contribution in [-0.2, 0) is 16.6 Å². The lowest BCUT2D eigenvalue weighted by atomic mass is 9.91. The minimum absolute atomic E-state index is 0.00171. The molecule has 5 heteroatoms. The SMILES string of the molecule is COc1ccc(CC(=O)NCC(C)(C)c2cccs2)cc1OC. The molecule has 0 aliphatic heterocycles. The first kappa shape index (κ1) is 17.3. The highest BCUT2D eigenvalue weighted by Gasteiger charge is 2.22. The molecule has 4 nitrogen and oxygen atoms in total. The first-order valence-corrected chi connectivity index (χ1v) is 8.36. The van der Waals surface area contributed by atoms with Crippen LogP contribution in [0.3, 0.4) is 0 Å². The number of carbonyl (C=O) groups excluding carboxylic acids is 1. The Morgan fingerprint density at radius 2 is 1.91 bits per heavy atom. The number of amides is 1. The van der Waals surface area contributed by atoms with E-state index in [1.54, 1.807) is 25.6 Å². The van der Waals surface area contributed by atoms with Gasteiger partial charge in [0, 0.05) is 16.8 Å². The summed E-state index contributed by atoms with van der Waals surface area (Å²) in [5.74, 6) is 1.30. The fourth-order valence-electron chi connectivity index (χ4n) is 2.31. The van der Waals surface area contributed by atoms with Crippen molar-refractivity contribution in [1.82, 2.24) is 5.32 Å². The molecule has 1 amide bonds. The number of ether oxygens (including phenoxy) is 2. The Morgan fingerprint density at radius 1 is 1.17 bits per heavy atom. The molecule has 2 aromatic rings. The topological polar surface area (TPSA) is 47.6 Å². The Kier molecular flexibility index (Phi) is 5.66. The van der Waals surface area contributed by atoms with E-state index in [1.807, 2.05) is 24.3 Å². The zero-order valence-electron chi connectivity index (χ0n) is 14.0. The van der Waals surface area contributed by atoms with Gasteiger partial charge in [-0.2, -0.15) is 0 Å². The minimum Gasteiger partial charge on any atom is -0.493 e. The molecule has 0 radical (unpaired) electrons. The lowest BCUT2D eigenvalue weighted by Gasteiger charge is -2.23.